The largest absolute Gasteiger partial charge is 0.103 e. The SMILES string of the molecule is C=CCC/C=C/CC/C=C/CC. The number of hydrogen-bond donors (Lipinski definition) is 0. The minimum Gasteiger partial charge on any atom is -0.103 e. The Labute approximate surface area is 76.7 Å². The Morgan fingerprint density at radius 3 is 1.83 bits per heavy atom. The van der Waals surface area contributed by atoms with Gasteiger partial charge in [0.05, 0.1) is 0 Å². The first-order chi connectivity index (χ1) is 5.91. The van der Waals surface area contributed by atoms with Crippen LogP contribution in [-0.4, -0.2) is 0 Å². The van der Waals surface area contributed by atoms with E-state index in [4.69, 9.17) is 0 Å². The summed E-state index contributed by atoms with van der Waals surface area (Å²) in [5.41, 5.74) is 0. The van der Waals surface area contributed by atoms with E-state index in [-0.39, 0.29) is 0 Å². The number of unbranched alkanes of at least 4 members (excludes halogenated alkanes) is 2. The fourth-order valence-corrected chi connectivity index (χ4v) is 0.927. The minimum atomic E-state index is 1.10. The molecular weight excluding hydrogens is 144 g/mol. The highest BCUT2D eigenvalue weighted by molar-refractivity contribution is 4.88. The summed E-state index contributed by atoms with van der Waals surface area (Å²) >= 11 is 0. The van der Waals surface area contributed by atoms with E-state index in [0.717, 1.165) is 19.3 Å². The Hall–Kier alpha value is -0.780. The Bertz CT molecular complexity index is 140. The average Bonchev–Trinajstić information content (AvgIpc) is 2.10. The van der Waals surface area contributed by atoms with Crippen molar-refractivity contribution in [2.24, 2.45) is 0 Å². The van der Waals surface area contributed by atoms with E-state index in [1.165, 1.54) is 12.8 Å². The molecule has 0 N–H and O–H groups in total. The van der Waals surface area contributed by atoms with Crippen LogP contribution in [-0.2, 0) is 0 Å². The topological polar surface area (TPSA) is 0 Å². The second-order valence-electron chi connectivity index (χ2n) is 2.79. The molecule has 0 heterocycles. The first-order valence-corrected chi connectivity index (χ1v) is 4.82. The molecule has 0 radical (unpaired) electrons. The number of hydrogen-bond acceptors (Lipinski definition) is 0. The Morgan fingerprint density at radius 2 is 1.33 bits per heavy atom. The van der Waals surface area contributed by atoms with Crippen molar-refractivity contribution >= 4 is 0 Å². The van der Waals surface area contributed by atoms with Crippen molar-refractivity contribution in [3.05, 3.63) is 37.0 Å². The van der Waals surface area contributed by atoms with Gasteiger partial charge < -0.3 is 0 Å². The molecule has 0 fully saturated rings. The fourth-order valence-electron chi connectivity index (χ4n) is 0.927. The van der Waals surface area contributed by atoms with Gasteiger partial charge in [0.25, 0.3) is 0 Å². The molecule has 0 nitrogen and oxygen atoms in total. The highest BCUT2D eigenvalue weighted by Crippen LogP contribution is 1.97. The summed E-state index contributed by atoms with van der Waals surface area (Å²) in [5.74, 6) is 0. The number of rotatable bonds is 7. The summed E-state index contributed by atoms with van der Waals surface area (Å²) in [5, 5.41) is 0. The van der Waals surface area contributed by atoms with E-state index in [1.807, 2.05) is 6.08 Å². The second kappa shape index (κ2) is 10.2. The Balaban J connectivity index is 3.12. The van der Waals surface area contributed by atoms with Gasteiger partial charge in [-0.05, 0) is 32.1 Å². The maximum Gasteiger partial charge on any atom is -0.0316 e. The third kappa shape index (κ3) is 9.22. The zero-order valence-corrected chi connectivity index (χ0v) is 8.13. The summed E-state index contributed by atoms with van der Waals surface area (Å²) in [6.07, 6.45) is 16.7. The van der Waals surface area contributed by atoms with Gasteiger partial charge in [0, 0.05) is 0 Å². The van der Waals surface area contributed by atoms with Gasteiger partial charge in [-0.25, -0.2) is 0 Å². The van der Waals surface area contributed by atoms with Crippen molar-refractivity contribution in [1.29, 1.82) is 0 Å². The van der Waals surface area contributed by atoms with Crippen LogP contribution in [0.1, 0.15) is 39.0 Å². The second-order valence-corrected chi connectivity index (χ2v) is 2.79. The van der Waals surface area contributed by atoms with Crippen LogP contribution < -0.4 is 0 Å². The van der Waals surface area contributed by atoms with Gasteiger partial charge in [0.15, 0.2) is 0 Å². The molecule has 0 unspecified atom stereocenters. The van der Waals surface area contributed by atoms with Crippen LogP contribution in [0.25, 0.3) is 0 Å². The van der Waals surface area contributed by atoms with Crippen LogP contribution in [0.3, 0.4) is 0 Å². The molecule has 12 heavy (non-hydrogen) atoms. The van der Waals surface area contributed by atoms with Gasteiger partial charge in [-0.15, -0.1) is 6.58 Å². The summed E-state index contributed by atoms with van der Waals surface area (Å²) in [4.78, 5) is 0. The first-order valence-electron chi connectivity index (χ1n) is 4.82. The molecule has 0 aliphatic carbocycles. The smallest absolute Gasteiger partial charge is 0.0316 e. The highest BCUT2D eigenvalue weighted by atomic mass is 13.8. The molecule has 0 aromatic rings. The third-order valence-corrected chi connectivity index (χ3v) is 1.61. The Morgan fingerprint density at radius 1 is 0.833 bits per heavy atom. The molecule has 0 saturated heterocycles. The van der Waals surface area contributed by atoms with Crippen LogP contribution in [0, 0.1) is 0 Å². The lowest BCUT2D eigenvalue weighted by Gasteiger charge is -1.87. The molecule has 0 heteroatoms. The molecular formula is C12H20. The van der Waals surface area contributed by atoms with Gasteiger partial charge in [-0.1, -0.05) is 37.3 Å². The van der Waals surface area contributed by atoms with Gasteiger partial charge in [-0.3, -0.25) is 0 Å². The summed E-state index contributed by atoms with van der Waals surface area (Å²) < 4.78 is 0. The maximum atomic E-state index is 3.67. The average molecular weight is 164 g/mol. The molecule has 0 aliphatic heterocycles. The van der Waals surface area contributed by atoms with E-state index in [1.54, 1.807) is 0 Å². The van der Waals surface area contributed by atoms with Crippen molar-refractivity contribution in [3.8, 4) is 0 Å². The molecule has 0 rings (SSSR count). The highest BCUT2D eigenvalue weighted by Gasteiger charge is 1.76. The van der Waals surface area contributed by atoms with E-state index in [0.29, 0.717) is 0 Å². The zero-order chi connectivity index (χ0) is 9.07. The number of allylic oxidation sites excluding steroid dienone is 5. The molecule has 0 amide bonds. The molecule has 0 spiro atoms. The predicted molar refractivity (Wildman–Crippen MR) is 57.2 cm³/mol. The monoisotopic (exact) mass is 164 g/mol. The summed E-state index contributed by atoms with van der Waals surface area (Å²) in [7, 11) is 0. The summed E-state index contributed by atoms with van der Waals surface area (Å²) in [6.45, 7) is 5.84. The third-order valence-electron chi connectivity index (χ3n) is 1.61. The van der Waals surface area contributed by atoms with E-state index in [9.17, 15) is 0 Å². The van der Waals surface area contributed by atoms with Crippen LogP contribution >= 0.6 is 0 Å². The minimum absolute atomic E-state index is 1.10. The normalized spacial score (nSPS) is 11.4. The van der Waals surface area contributed by atoms with Crippen molar-refractivity contribution in [1.82, 2.24) is 0 Å². The van der Waals surface area contributed by atoms with E-state index < -0.39 is 0 Å². The van der Waals surface area contributed by atoms with Crippen LogP contribution in [0.15, 0.2) is 37.0 Å². The standard InChI is InChI=1S/C12H20/c1-3-5-7-9-11-12-10-8-6-4-2/h3,6,8-9,11H,1,4-5,7,10,12H2,2H3/b8-6+,11-9+. The lowest BCUT2D eigenvalue weighted by atomic mass is 10.2. The fraction of sp³-hybridized carbons (Fsp3) is 0.500. The van der Waals surface area contributed by atoms with Gasteiger partial charge in [0.1, 0.15) is 0 Å². The zero-order valence-electron chi connectivity index (χ0n) is 8.13. The van der Waals surface area contributed by atoms with Gasteiger partial charge in [0.2, 0.25) is 0 Å². The quantitative estimate of drug-likeness (QED) is 0.389. The van der Waals surface area contributed by atoms with Crippen molar-refractivity contribution in [3.63, 3.8) is 0 Å². The maximum absolute atomic E-state index is 3.67. The van der Waals surface area contributed by atoms with Crippen LogP contribution in [0.4, 0.5) is 0 Å². The molecule has 0 atom stereocenters. The molecule has 0 aromatic heterocycles. The lowest BCUT2D eigenvalue weighted by Crippen LogP contribution is -1.66. The van der Waals surface area contributed by atoms with Crippen LogP contribution in [0.5, 0.6) is 0 Å². The van der Waals surface area contributed by atoms with Crippen molar-refractivity contribution in [2.75, 3.05) is 0 Å². The summed E-state index contributed by atoms with van der Waals surface area (Å²) in [6, 6.07) is 0. The van der Waals surface area contributed by atoms with E-state index in [2.05, 4.69) is 37.8 Å². The van der Waals surface area contributed by atoms with Gasteiger partial charge >= 0.3 is 0 Å². The lowest BCUT2D eigenvalue weighted by molar-refractivity contribution is 1.000. The van der Waals surface area contributed by atoms with E-state index >= 15 is 0 Å². The first kappa shape index (κ1) is 11.2. The molecule has 0 bridgehead atoms. The molecule has 0 aromatic carbocycles. The van der Waals surface area contributed by atoms with Crippen molar-refractivity contribution < 1.29 is 0 Å². The predicted octanol–water partition coefficient (Wildman–Crippen LogP) is 4.26. The molecule has 0 aliphatic rings. The molecule has 68 valence electrons. The van der Waals surface area contributed by atoms with Crippen molar-refractivity contribution in [2.45, 2.75) is 39.0 Å². The molecule has 0 saturated carbocycles. The van der Waals surface area contributed by atoms with Crippen LogP contribution in [0.2, 0.25) is 0 Å². The Kier molecular flexibility index (Phi) is 9.56. The van der Waals surface area contributed by atoms with Gasteiger partial charge in [-0.2, -0.15) is 0 Å².